The van der Waals surface area contributed by atoms with Gasteiger partial charge in [0.1, 0.15) is 0 Å². The van der Waals surface area contributed by atoms with Gasteiger partial charge in [-0.1, -0.05) is 70.4 Å². The first-order valence-corrected chi connectivity index (χ1v) is 13.6. The molecule has 0 aromatic heterocycles. The van der Waals surface area contributed by atoms with Gasteiger partial charge in [-0.25, -0.2) is 8.78 Å². The van der Waals surface area contributed by atoms with Crippen molar-refractivity contribution >= 4 is 0 Å². The molecule has 0 unspecified atom stereocenters. The Kier molecular flexibility index (Phi) is 10.9. The van der Waals surface area contributed by atoms with Crippen LogP contribution in [0.1, 0.15) is 115 Å². The van der Waals surface area contributed by atoms with Crippen molar-refractivity contribution in [2.24, 2.45) is 17.8 Å². The van der Waals surface area contributed by atoms with Gasteiger partial charge in [0, 0.05) is 0 Å². The van der Waals surface area contributed by atoms with E-state index in [4.69, 9.17) is 0 Å². The monoisotopic (exact) mass is 500 g/mol. The van der Waals surface area contributed by atoms with E-state index in [1.807, 2.05) is 0 Å². The second-order valence-electron chi connectivity index (χ2n) is 10.7. The Balaban J connectivity index is 1.34. The summed E-state index contributed by atoms with van der Waals surface area (Å²) in [5, 5.41) is 0. The molecule has 35 heavy (non-hydrogen) atoms. The van der Waals surface area contributed by atoms with E-state index in [-0.39, 0.29) is 5.92 Å². The Morgan fingerprint density at radius 1 is 0.771 bits per heavy atom. The summed E-state index contributed by atoms with van der Waals surface area (Å²) in [6.45, 7) is 2.21. The Hall–Kier alpha value is -1.59. The first-order valence-electron chi connectivity index (χ1n) is 13.6. The van der Waals surface area contributed by atoms with E-state index in [2.05, 4.69) is 23.8 Å². The van der Waals surface area contributed by atoms with E-state index in [0.717, 1.165) is 49.7 Å². The Morgan fingerprint density at radius 3 is 1.77 bits per heavy atom. The lowest BCUT2D eigenvalue weighted by Gasteiger charge is -2.32. The molecule has 6 heteroatoms. The normalized spacial score (nSPS) is 25.8. The average molecular weight is 501 g/mol. The Bertz CT molecular complexity index is 764. The van der Waals surface area contributed by atoms with E-state index >= 15 is 0 Å². The van der Waals surface area contributed by atoms with Crippen LogP contribution in [-0.2, 0) is 0 Å². The van der Waals surface area contributed by atoms with E-state index in [1.165, 1.54) is 70.6 Å². The summed E-state index contributed by atoms with van der Waals surface area (Å²) >= 11 is 0. The van der Waals surface area contributed by atoms with Gasteiger partial charge in [-0.3, -0.25) is 0 Å². The maximum absolute atomic E-state index is 14.1. The van der Waals surface area contributed by atoms with Crippen LogP contribution in [0.5, 0.6) is 5.75 Å². The quantitative estimate of drug-likeness (QED) is 0.167. The van der Waals surface area contributed by atoms with Crippen molar-refractivity contribution in [3.05, 3.63) is 41.5 Å². The second kappa shape index (κ2) is 13.6. The van der Waals surface area contributed by atoms with Gasteiger partial charge in [-0.2, -0.15) is 0 Å². The Labute approximate surface area is 207 Å². The third-order valence-corrected chi connectivity index (χ3v) is 8.11. The van der Waals surface area contributed by atoms with Crippen LogP contribution in [0.25, 0.3) is 0 Å². The molecule has 0 amide bonds. The fourth-order valence-corrected chi connectivity index (χ4v) is 6.02. The molecular formula is C29H41F5O. The number of unbranched alkanes of at least 4 members (excludes halogenated alkanes) is 2. The highest BCUT2D eigenvalue weighted by Gasteiger charge is 2.35. The lowest BCUT2D eigenvalue weighted by Crippen LogP contribution is -2.20. The van der Waals surface area contributed by atoms with E-state index < -0.39 is 23.7 Å². The standard InChI is InChI=1S/C29H41F5O/c1-2-3-4-5-6-7-8-21-9-11-22(12-10-21)13-14-23-15-17-24(18-16-23)25-19-26(30)28(27(31)20-25)35-29(32,33)34/h4-5,19-24H,2-3,6-18H2,1H3/b5-4+. The fourth-order valence-electron chi connectivity index (χ4n) is 6.02. The molecule has 0 N–H and O–H groups in total. The van der Waals surface area contributed by atoms with Crippen molar-refractivity contribution in [2.75, 3.05) is 0 Å². The molecule has 2 aliphatic carbocycles. The van der Waals surface area contributed by atoms with Crippen LogP contribution in [0.4, 0.5) is 22.0 Å². The topological polar surface area (TPSA) is 9.23 Å². The van der Waals surface area contributed by atoms with E-state index in [1.54, 1.807) is 0 Å². The van der Waals surface area contributed by atoms with Crippen molar-refractivity contribution in [1.29, 1.82) is 0 Å². The molecule has 198 valence electrons. The summed E-state index contributed by atoms with van der Waals surface area (Å²) in [5.41, 5.74) is 0.437. The number of allylic oxidation sites excluding steroid dienone is 2. The van der Waals surface area contributed by atoms with Crippen LogP contribution >= 0.6 is 0 Å². The van der Waals surface area contributed by atoms with Crippen LogP contribution in [0.15, 0.2) is 24.3 Å². The van der Waals surface area contributed by atoms with Crippen LogP contribution < -0.4 is 4.74 Å². The number of ether oxygens (including phenoxy) is 1. The minimum atomic E-state index is -5.12. The minimum Gasteiger partial charge on any atom is -0.399 e. The van der Waals surface area contributed by atoms with Crippen molar-refractivity contribution in [2.45, 2.75) is 116 Å². The van der Waals surface area contributed by atoms with E-state index in [0.29, 0.717) is 11.5 Å². The number of alkyl halides is 3. The van der Waals surface area contributed by atoms with Crippen molar-refractivity contribution in [3.8, 4) is 5.75 Å². The molecule has 2 fully saturated rings. The molecule has 0 aliphatic heterocycles. The third-order valence-electron chi connectivity index (χ3n) is 8.11. The maximum Gasteiger partial charge on any atom is 0.573 e. The highest BCUT2D eigenvalue weighted by Crippen LogP contribution is 2.41. The number of rotatable bonds is 11. The summed E-state index contributed by atoms with van der Waals surface area (Å²) in [7, 11) is 0. The third kappa shape index (κ3) is 9.42. The second-order valence-corrected chi connectivity index (χ2v) is 10.7. The van der Waals surface area contributed by atoms with Gasteiger partial charge in [0.25, 0.3) is 0 Å². The van der Waals surface area contributed by atoms with Crippen molar-refractivity contribution in [3.63, 3.8) is 0 Å². The van der Waals surface area contributed by atoms with Gasteiger partial charge in [-0.15, -0.1) is 13.2 Å². The summed E-state index contributed by atoms with van der Waals surface area (Å²) in [4.78, 5) is 0. The maximum atomic E-state index is 14.1. The number of benzene rings is 1. The first-order chi connectivity index (χ1) is 16.7. The molecule has 1 aromatic carbocycles. The van der Waals surface area contributed by atoms with Crippen LogP contribution in [0, 0.1) is 29.4 Å². The molecule has 0 bridgehead atoms. The molecule has 0 radical (unpaired) electrons. The highest BCUT2D eigenvalue weighted by atomic mass is 19.4. The minimum absolute atomic E-state index is 0.0116. The first kappa shape index (κ1) is 28.0. The van der Waals surface area contributed by atoms with Gasteiger partial charge in [0.2, 0.25) is 5.75 Å². The zero-order valence-electron chi connectivity index (χ0n) is 21.0. The van der Waals surface area contributed by atoms with Crippen LogP contribution in [0.2, 0.25) is 0 Å². The molecule has 3 rings (SSSR count). The lowest BCUT2D eigenvalue weighted by atomic mass is 9.74. The summed E-state index contributed by atoms with van der Waals surface area (Å²) in [6, 6.07) is 2.02. The summed E-state index contributed by atoms with van der Waals surface area (Å²) in [6.07, 6.45) is 17.4. The van der Waals surface area contributed by atoms with Crippen LogP contribution in [0.3, 0.4) is 0 Å². The molecule has 0 saturated heterocycles. The molecule has 2 saturated carbocycles. The van der Waals surface area contributed by atoms with Crippen LogP contribution in [-0.4, -0.2) is 6.36 Å². The van der Waals surface area contributed by atoms with Gasteiger partial charge in [0.15, 0.2) is 11.6 Å². The molecular weight excluding hydrogens is 459 g/mol. The Morgan fingerprint density at radius 2 is 1.26 bits per heavy atom. The van der Waals surface area contributed by atoms with Gasteiger partial charge in [0.05, 0.1) is 0 Å². The smallest absolute Gasteiger partial charge is 0.399 e. The van der Waals surface area contributed by atoms with Gasteiger partial charge >= 0.3 is 6.36 Å². The molecule has 1 nitrogen and oxygen atoms in total. The predicted molar refractivity (Wildman–Crippen MR) is 130 cm³/mol. The fraction of sp³-hybridized carbons (Fsp3) is 0.724. The molecule has 0 atom stereocenters. The predicted octanol–water partition coefficient (Wildman–Crippen LogP) is 10.3. The average Bonchev–Trinajstić information content (AvgIpc) is 2.82. The van der Waals surface area contributed by atoms with E-state index in [9.17, 15) is 22.0 Å². The van der Waals surface area contributed by atoms with Gasteiger partial charge < -0.3 is 4.74 Å². The van der Waals surface area contributed by atoms with Crippen molar-refractivity contribution < 1.29 is 26.7 Å². The number of hydrogen-bond acceptors (Lipinski definition) is 1. The summed E-state index contributed by atoms with van der Waals surface area (Å²) < 4.78 is 68.8. The van der Waals surface area contributed by atoms with Gasteiger partial charge in [-0.05, 0) is 86.3 Å². The molecule has 0 heterocycles. The number of halogens is 5. The zero-order valence-corrected chi connectivity index (χ0v) is 21.0. The molecule has 0 spiro atoms. The summed E-state index contributed by atoms with van der Waals surface area (Å²) in [5.74, 6) is -1.59. The molecule has 2 aliphatic rings. The zero-order chi connectivity index (χ0) is 25.3. The number of hydrogen-bond donors (Lipinski definition) is 0. The molecule has 1 aromatic rings. The largest absolute Gasteiger partial charge is 0.573 e. The lowest BCUT2D eigenvalue weighted by molar-refractivity contribution is -0.276. The highest BCUT2D eigenvalue weighted by molar-refractivity contribution is 5.33. The van der Waals surface area contributed by atoms with Crippen molar-refractivity contribution in [1.82, 2.24) is 0 Å². The SMILES string of the molecule is CCC/C=C/CCCC1CCC(CCC2CCC(c3cc(F)c(OC(F)(F)F)c(F)c3)CC2)CC1.